The second-order valence-electron chi connectivity index (χ2n) is 6.00. The van der Waals surface area contributed by atoms with Crippen molar-refractivity contribution in [2.75, 3.05) is 18.4 Å². The Balaban J connectivity index is 2.06. The maximum absolute atomic E-state index is 12.9. The third-order valence-corrected chi connectivity index (χ3v) is 4.31. The highest BCUT2D eigenvalue weighted by molar-refractivity contribution is 6.08. The fourth-order valence-corrected chi connectivity index (χ4v) is 2.87. The van der Waals surface area contributed by atoms with Gasteiger partial charge in [-0.15, -0.1) is 0 Å². The highest BCUT2D eigenvalue weighted by Gasteiger charge is 2.50. The Morgan fingerprint density at radius 2 is 2.09 bits per heavy atom. The molecule has 8 heteroatoms. The van der Waals surface area contributed by atoms with Crippen molar-refractivity contribution in [1.82, 2.24) is 4.90 Å². The Hall–Kier alpha value is -2.09. The quantitative estimate of drug-likeness (QED) is 0.702. The first-order chi connectivity index (χ1) is 10.9. The number of nitrogens with zero attached hydrogens (tertiary/aromatic N) is 1. The van der Waals surface area contributed by atoms with E-state index in [1.54, 1.807) is 0 Å². The third kappa shape index (κ3) is 3.82. The van der Waals surface area contributed by atoms with Crippen molar-refractivity contribution in [2.45, 2.75) is 24.7 Å². The largest absolute Gasteiger partial charge is 0.480 e. The number of amides is 2. The van der Waals surface area contributed by atoms with Crippen molar-refractivity contribution in [3.05, 3.63) is 30.1 Å². The van der Waals surface area contributed by atoms with E-state index in [1.165, 1.54) is 29.2 Å². The van der Waals surface area contributed by atoms with E-state index < -0.39 is 23.4 Å². The highest BCUT2D eigenvalue weighted by Crippen LogP contribution is 2.30. The predicted octanol–water partition coefficient (Wildman–Crippen LogP) is 0.903. The summed E-state index contributed by atoms with van der Waals surface area (Å²) in [7, 11) is 2.02. The van der Waals surface area contributed by atoms with Crippen LogP contribution < -0.4 is 11.1 Å². The Kier molecular flexibility index (Phi) is 5.25. The van der Waals surface area contributed by atoms with Gasteiger partial charge < -0.3 is 21.1 Å². The lowest BCUT2D eigenvalue weighted by atomic mass is 9.83. The molecule has 0 bridgehead atoms. The molecule has 4 N–H and O–H groups in total. The molecular weight excluding hydrogens is 300 g/mol. The molecule has 0 saturated carbocycles. The Morgan fingerprint density at radius 3 is 2.65 bits per heavy atom. The standard InChI is InChI=1S/C15H21BFN3O3/c16-7-1-2-10-8-20(9-15(10,18)13(21)22)14(23)19-12-5-3-11(17)4-6-12/h3-6,10H,1-2,7-9,16,18H2,(H,19,23)(H,21,22)/t10-,15-/m0/s1. The summed E-state index contributed by atoms with van der Waals surface area (Å²) in [4.78, 5) is 25.3. The van der Waals surface area contributed by atoms with Crippen molar-refractivity contribution in [3.8, 4) is 0 Å². The molecule has 2 atom stereocenters. The van der Waals surface area contributed by atoms with Gasteiger partial charge in [-0.25, -0.2) is 9.18 Å². The summed E-state index contributed by atoms with van der Waals surface area (Å²) in [6.07, 6.45) is 2.47. The molecule has 124 valence electrons. The molecular formula is C15H21BFN3O3. The number of aliphatic carboxylic acids is 1. The van der Waals surface area contributed by atoms with E-state index >= 15 is 0 Å². The zero-order valence-corrected chi connectivity index (χ0v) is 13.1. The van der Waals surface area contributed by atoms with Crippen LogP contribution >= 0.6 is 0 Å². The van der Waals surface area contributed by atoms with Crippen LogP contribution in [0.1, 0.15) is 12.8 Å². The number of rotatable bonds is 5. The van der Waals surface area contributed by atoms with Gasteiger partial charge in [0, 0.05) is 18.2 Å². The van der Waals surface area contributed by atoms with Gasteiger partial charge in [-0.2, -0.15) is 0 Å². The number of carboxylic acids is 1. The van der Waals surface area contributed by atoms with Crippen molar-refractivity contribution >= 4 is 25.5 Å². The van der Waals surface area contributed by atoms with E-state index in [1.807, 2.05) is 7.85 Å². The van der Waals surface area contributed by atoms with Gasteiger partial charge in [0.1, 0.15) is 19.2 Å². The van der Waals surface area contributed by atoms with Crippen LogP contribution in [0, 0.1) is 11.7 Å². The van der Waals surface area contributed by atoms with Crippen LogP contribution in [-0.2, 0) is 4.79 Å². The van der Waals surface area contributed by atoms with Crippen LogP contribution in [0.15, 0.2) is 24.3 Å². The normalized spacial score (nSPS) is 23.7. The molecule has 1 aromatic carbocycles. The number of nitrogens with one attached hydrogen (secondary N) is 1. The Labute approximate surface area is 135 Å². The zero-order valence-electron chi connectivity index (χ0n) is 13.1. The number of carbonyl (C=O) groups is 2. The number of urea groups is 1. The molecule has 1 saturated heterocycles. The van der Waals surface area contributed by atoms with Crippen molar-refractivity contribution in [3.63, 3.8) is 0 Å². The first kappa shape index (κ1) is 17.3. The number of likely N-dealkylation sites (tertiary alicyclic amines) is 1. The fraction of sp³-hybridized carbons (Fsp3) is 0.467. The number of benzene rings is 1. The number of halogens is 1. The summed E-state index contributed by atoms with van der Waals surface area (Å²) >= 11 is 0. The third-order valence-electron chi connectivity index (χ3n) is 4.31. The molecule has 2 rings (SSSR count). The van der Waals surface area contributed by atoms with Gasteiger partial charge >= 0.3 is 12.0 Å². The molecule has 1 aliphatic rings. The lowest BCUT2D eigenvalue weighted by Crippen LogP contribution is -2.55. The Morgan fingerprint density at radius 1 is 1.43 bits per heavy atom. The van der Waals surface area contributed by atoms with E-state index in [4.69, 9.17) is 5.73 Å². The van der Waals surface area contributed by atoms with Gasteiger partial charge in [-0.1, -0.05) is 12.7 Å². The summed E-state index contributed by atoms with van der Waals surface area (Å²) in [5.41, 5.74) is 5.09. The first-order valence-electron chi connectivity index (χ1n) is 7.70. The molecule has 6 nitrogen and oxygen atoms in total. The molecule has 0 spiro atoms. The van der Waals surface area contributed by atoms with E-state index in [9.17, 15) is 19.1 Å². The maximum Gasteiger partial charge on any atom is 0.325 e. The predicted molar refractivity (Wildman–Crippen MR) is 87.6 cm³/mol. The SMILES string of the molecule is BCCC[C@H]1CN(C(=O)Nc2ccc(F)cc2)C[C@@]1(N)C(=O)O. The van der Waals surface area contributed by atoms with Crippen molar-refractivity contribution < 1.29 is 19.1 Å². The summed E-state index contributed by atoms with van der Waals surface area (Å²) in [5.74, 6) is -1.76. The number of hydrogen-bond acceptors (Lipinski definition) is 3. The summed E-state index contributed by atoms with van der Waals surface area (Å²) in [6.45, 7) is 0.263. The number of nitrogens with two attached hydrogens (primary N) is 1. The van der Waals surface area contributed by atoms with Gasteiger partial charge in [0.2, 0.25) is 0 Å². The van der Waals surface area contributed by atoms with E-state index in [-0.39, 0.29) is 12.5 Å². The molecule has 0 radical (unpaired) electrons. The molecule has 1 aromatic rings. The molecule has 1 heterocycles. The molecule has 0 unspecified atom stereocenters. The van der Waals surface area contributed by atoms with Gasteiger partial charge in [0.15, 0.2) is 0 Å². The topological polar surface area (TPSA) is 95.7 Å². The molecule has 1 aliphatic heterocycles. The number of hydrogen-bond donors (Lipinski definition) is 3. The summed E-state index contributed by atoms with van der Waals surface area (Å²) < 4.78 is 12.9. The smallest absolute Gasteiger partial charge is 0.325 e. The monoisotopic (exact) mass is 321 g/mol. The lowest BCUT2D eigenvalue weighted by molar-refractivity contribution is -0.144. The summed E-state index contributed by atoms with van der Waals surface area (Å²) in [6, 6.07) is 4.96. The second kappa shape index (κ2) is 7.00. The van der Waals surface area contributed by atoms with Crippen molar-refractivity contribution in [1.29, 1.82) is 0 Å². The lowest BCUT2D eigenvalue weighted by Gasteiger charge is -2.25. The van der Waals surface area contributed by atoms with Crippen LogP contribution in [0.4, 0.5) is 14.9 Å². The van der Waals surface area contributed by atoms with Crippen LogP contribution in [0.25, 0.3) is 0 Å². The van der Waals surface area contributed by atoms with Crippen LogP contribution in [0.3, 0.4) is 0 Å². The zero-order chi connectivity index (χ0) is 17.0. The van der Waals surface area contributed by atoms with Gasteiger partial charge in [0.25, 0.3) is 0 Å². The molecule has 23 heavy (non-hydrogen) atoms. The van der Waals surface area contributed by atoms with Crippen LogP contribution in [-0.4, -0.2) is 48.5 Å². The number of carbonyl (C=O) groups excluding carboxylic acids is 1. The second-order valence-corrected chi connectivity index (χ2v) is 6.00. The summed E-state index contributed by atoms with van der Waals surface area (Å²) in [5, 5.41) is 12.1. The minimum Gasteiger partial charge on any atom is -0.480 e. The van der Waals surface area contributed by atoms with Gasteiger partial charge in [-0.3, -0.25) is 4.79 Å². The minimum atomic E-state index is -1.42. The van der Waals surface area contributed by atoms with Gasteiger partial charge in [-0.05, 0) is 30.7 Å². The first-order valence-corrected chi connectivity index (χ1v) is 7.70. The average molecular weight is 321 g/mol. The number of anilines is 1. The average Bonchev–Trinajstić information content (AvgIpc) is 2.86. The molecule has 2 amide bonds. The molecule has 0 aliphatic carbocycles. The minimum absolute atomic E-state index is 0.0380. The van der Waals surface area contributed by atoms with E-state index in [0.29, 0.717) is 18.7 Å². The van der Waals surface area contributed by atoms with E-state index in [0.717, 1.165) is 12.7 Å². The van der Waals surface area contributed by atoms with E-state index in [2.05, 4.69) is 5.32 Å². The fourth-order valence-electron chi connectivity index (χ4n) is 2.87. The number of carboxylic acid groups (broad SMARTS) is 1. The van der Waals surface area contributed by atoms with Crippen LogP contribution in [0.5, 0.6) is 0 Å². The molecule has 0 aromatic heterocycles. The maximum atomic E-state index is 12.9. The van der Waals surface area contributed by atoms with Gasteiger partial charge in [0.05, 0.1) is 6.54 Å². The highest BCUT2D eigenvalue weighted by atomic mass is 19.1. The van der Waals surface area contributed by atoms with Crippen molar-refractivity contribution in [2.24, 2.45) is 11.7 Å². The Bertz CT molecular complexity index is 584. The van der Waals surface area contributed by atoms with Crippen LogP contribution in [0.2, 0.25) is 6.32 Å². The molecule has 1 fully saturated rings.